The van der Waals surface area contributed by atoms with Crippen molar-refractivity contribution in [1.82, 2.24) is 4.90 Å². The fraction of sp³-hybridized carbons (Fsp3) is 0.263. The van der Waals surface area contributed by atoms with Gasteiger partial charge >= 0.3 is 0 Å². The summed E-state index contributed by atoms with van der Waals surface area (Å²) >= 11 is 12.1. The number of hydrogen-bond acceptors (Lipinski definition) is 4. The summed E-state index contributed by atoms with van der Waals surface area (Å²) in [4.78, 5) is 26.0. The number of hydrogen-bond donors (Lipinski definition) is 1. The van der Waals surface area contributed by atoms with Gasteiger partial charge in [0.1, 0.15) is 6.61 Å². The topological polar surface area (TPSA) is 57.6 Å². The van der Waals surface area contributed by atoms with E-state index < -0.39 is 6.61 Å². The molecule has 2 aromatic carbocycles. The van der Waals surface area contributed by atoms with Gasteiger partial charge in [0.25, 0.3) is 0 Å². The zero-order valence-electron chi connectivity index (χ0n) is 13.5. The Labute approximate surface area is 156 Å². The van der Waals surface area contributed by atoms with E-state index in [1.165, 1.54) is 0 Å². The average molecular weight is 378 g/mol. The Hall–Kier alpha value is -1.72. The summed E-state index contributed by atoms with van der Waals surface area (Å²) in [7, 11) is 0. The highest BCUT2D eigenvalue weighted by Gasteiger charge is 2.21. The summed E-state index contributed by atoms with van der Waals surface area (Å²) in [5, 5.41) is 10.2. The number of rotatable bonds is 4. The molecule has 0 atom stereocenters. The van der Waals surface area contributed by atoms with E-state index in [1.54, 1.807) is 24.3 Å². The lowest BCUT2D eigenvalue weighted by molar-refractivity contribution is -0.119. The Balaban J connectivity index is 1.87. The fourth-order valence-electron chi connectivity index (χ4n) is 3.10. The first-order chi connectivity index (χ1) is 11.9. The molecule has 3 rings (SSSR count). The van der Waals surface area contributed by atoms with Crippen molar-refractivity contribution in [3.63, 3.8) is 0 Å². The highest BCUT2D eigenvalue weighted by molar-refractivity contribution is 6.34. The molecule has 1 aliphatic heterocycles. The molecule has 0 aliphatic carbocycles. The smallest absolute Gasteiger partial charge is 0.188 e. The van der Waals surface area contributed by atoms with Crippen LogP contribution in [0.25, 0.3) is 0 Å². The normalized spacial score (nSPS) is 14.9. The van der Waals surface area contributed by atoms with Crippen LogP contribution in [0, 0.1) is 0 Å². The maximum Gasteiger partial charge on any atom is 0.188 e. The van der Waals surface area contributed by atoms with Gasteiger partial charge in [-0.3, -0.25) is 14.5 Å². The van der Waals surface area contributed by atoms with Gasteiger partial charge in [0.2, 0.25) is 0 Å². The van der Waals surface area contributed by atoms with E-state index in [4.69, 9.17) is 28.3 Å². The molecular weight excluding hydrogens is 361 g/mol. The van der Waals surface area contributed by atoms with E-state index in [9.17, 15) is 9.59 Å². The van der Waals surface area contributed by atoms with Crippen molar-refractivity contribution in [2.24, 2.45) is 0 Å². The molecular formula is C19H17Cl2NO3. The minimum atomic E-state index is -0.525. The molecule has 4 nitrogen and oxygen atoms in total. The van der Waals surface area contributed by atoms with Crippen molar-refractivity contribution in [3.8, 4) is 0 Å². The number of aliphatic hydroxyl groups excluding tert-OH is 1. The van der Waals surface area contributed by atoms with Crippen LogP contribution in [0.1, 0.15) is 27.0 Å². The van der Waals surface area contributed by atoms with E-state index in [1.807, 2.05) is 17.0 Å². The third-order valence-electron chi connectivity index (χ3n) is 4.18. The molecule has 130 valence electrons. The van der Waals surface area contributed by atoms with Crippen LogP contribution in [0.5, 0.6) is 0 Å². The molecule has 0 spiro atoms. The zero-order valence-corrected chi connectivity index (χ0v) is 15.0. The van der Waals surface area contributed by atoms with Gasteiger partial charge in [0.05, 0.1) is 6.54 Å². The van der Waals surface area contributed by atoms with Crippen molar-refractivity contribution in [2.45, 2.75) is 19.5 Å². The Kier molecular flexibility index (Phi) is 5.54. The standard InChI is InChI=1S/C19H17Cl2NO3/c20-16-3-12(4-17(21)7-16)8-22-9-15-5-14(19(25)11-23)2-1-13(15)6-18(24)10-22/h1-5,7,23H,6,8-11H2. The number of ketones is 2. The molecule has 6 heteroatoms. The molecule has 1 heterocycles. The maximum atomic E-state index is 12.3. The summed E-state index contributed by atoms with van der Waals surface area (Å²) in [5.74, 6) is -0.209. The van der Waals surface area contributed by atoms with Crippen molar-refractivity contribution in [3.05, 3.63) is 68.7 Å². The van der Waals surface area contributed by atoms with Crippen molar-refractivity contribution >= 4 is 34.8 Å². The molecule has 25 heavy (non-hydrogen) atoms. The van der Waals surface area contributed by atoms with Crippen molar-refractivity contribution < 1.29 is 14.7 Å². The highest BCUT2D eigenvalue weighted by atomic mass is 35.5. The van der Waals surface area contributed by atoms with E-state index >= 15 is 0 Å². The van der Waals surface area contributed by atoms with Crippen molar-refractivity contribution in [1.29, 1.82) is 0 Å². The van der Waals surface area contributed by atoms with Gasteiger partial charge in [0.15, 0.2) is 11.6 Å². The number of aliphatic hydroxyl groups is 1. The summed E-state index contributed by atoms with van der Waals surface area (Å²) in [6, 6.07) is 10.6. The molecule has 0 radical (unpaired) electrons. The molecule has 0 unspecified atom stereocenters. The van der Waals surface area contributed by atoms with Gasteiger partial charge in [0, 0.05) is 35.1 Å². The number of carbonyl (C=O) groups is 2. The van der Waals surface area contributed by atoms with Crippen LogP contribution in [-0.2, 0) is 24.3 Å². The first kappa shape index (κ1) is 18.1. The maximum absolute atomic E-state index is 12.3. The molecule has 0 saturated carbocycles. The fourth-order valence-corrected chi connectivity index (χ4v) is 3.67. The zero-order chi connectivity index (χ0) is 18.0. The second kappa shape index (κ2) is 7.67. The molecule has 1 N–H and O–H groups in total. The van der Waals surface area contributed by atoms with Gasteiger partial charge in [-0.2, -0.15) is 0 Å². The molecule has 0 saturated heterocycles. The Morgan fingerprint density at radius 1 is 1.04 bits per heavy atom. The largest absolute Gasteiger partial charge is 0.388 e. The molecule has 2 aromatic rings. The van der Waals surface area contributed by atoms with Crippen LogP contribution in [-0.4, -0.2) is 34.7 Å². The monoisotopic (exact) mass is 377 g/mol. The second-order valence-corrected chi connectivity index (χ2v) is 7.08. The number of nitrogens with zero attached hydrogens (tertiary/aromatic N) is 1. The number of fused-ring (bicyclic) bond motifs is 1. The number of benzene rings is 2. The predicted molar refractivity (Wildman–Crippen MR) is 97.1 cm³/mol. The molecule has 0 fully saturated rings. The lowest BCUT2D eigenvalue weighted by Crippen LogP contribution is -2.27. The lowest BCUT2D eigenvalue weighted by Gasteiger charge is -2.20. The van der Waals surface area contributed by atoms with Gasteiger partial charge in [-0.05, 0) is 41.0 Å². The Bertz CT molecular complexity index is 815. The average Bonchev–Trinajstić information content (AvgIpc) is 2.69. The highest BCUT2D eigenvalue weighted by Crippen LogP contribution is 2.24. The SMILES string of the molecule is O=C1Cc2ccc(C(=O)CO)cc2CN(Cc2cc(Cl)cc(Cl)c2)C1. The van der Waals surface area contributed by atoms with Crippen LogP contribution < -0.4 is 0 Å². The minimum absolute atomic E-state index is 0.119. The number of carbonyl (C=O) groups excluding carboxylic acids is 2. The van der Waals surface area contributed by atoms with Gasteiger partial charge in [-0.1, -0.05) is 35.3 Å². The van der Waals surface area contributed by atoms with Crippen molar-refractivity contribution in [2.75, 3.05) is 13.2 Å². The molecule has 0 bridgehead atoms. The number of halogens is 2. The second-order valence-electron chi connectivity index (χ2n) is 6.20. The first-order valence-corrected chi connectivity index (χ1v) is 8.65. The third kappa shape index (κ3) is 4.47. The minimum Gasteiger partial charge on any atom is -0.388 e. The Morgan fingerprint density at radius 3 is 2.44 bits per heavy atom. The first-order valence-electron chi connectivity index (χ1n) is 7.89. The number of Topliss-reactive ketones (excluding diaryl/α,β-unsaturated/α-hetero) is 2. The quantitative estimate of drug-likeness (QED) is 0.830. The van der Waals surface area contributed by atoms with E-state index in [-0.39, 0.29) is 11.6 Å². The molecule has 0 amide bonds. The van der Waals surface area contributed by atoms with Crippen LogP contribution in [0.2, 0.25) is 10.0 Å². The lowest BCUT2D eigenvalue weighted by atomic mass is 9.99. The van der Waals surface area contributed by atoms with Crippen LogP contribution >= 0.6 is 23.2 Å². The molecule has 0 aromatic heterocycles. The summed E-state index contributed by atoms with van der Waals surface area (Å²) in [6.45, 7) is 0.867. The van der Waals surface area contributed by atoms with Gasteiger partial charge < -0.3 is 5.11 Å². The van der Waals surface area contributed by atoms with Crippen LogP contribution in [0.4, 0.5) is 0 Å². The Morgan fingerprint density at radius 2 is 1.76 bits per heavy atom. The molecule has 1 aliphatic rings. The van der Waals surface area contributed by atoms with Gasteiger partial charge in [-0.15, -0.1) is 0 Å². The van der Waals surface area contributed by atoms with E-state index in [0.29, 0.717) is 41.7 Å². The van der Waals surface area contributed by atoms with E-state index in [0.717, 1.165) is 16.7 Å². The summed E-state index contributed by atoms with van der Waals surface area (Å²) < 4.78 is 0. The van der Waals surface area contributed by atoms with Crippen LogP contribution in [0.15, 0.2) is 36.4 Å². The summed E-state index contributed by atoms with van der Waals surface area (Å²) in [6.07, 6.45) is 0.343. The van der Waals surface area contributed by atoms with Crippen LogP contribution in [0.3, 0.4) is 0 Å². The van der Waals surface area contributed by atoms with Gasteiger partial charge in [-0.25, -0.2) is 0 Å². The summed E-state index contributed by atoms with van der Waals surface area (Å²) in [5.41, 5.74) is 3.24. The third-order valence-corrected chi connectivity index (χ3v) is 4.62. The predicted octanol–water partition coefficient (Wildman–Crippen LogP) is 3.30. The van der Waals surface area contributed by atoms with E-state index in [2.05, 4.69) is 0 Å².